The minimum Gasteiger partial charge on any atom is -0.497 e. The first-order valence-corrected chi connectivity index (χ1v) is 12.8. The number of nitrogens with zero attached hydrogens (tertiary/aromatic N) is 1. The van der Waals surface area contributed by atoms with Crippen LogP contribution in [0.4, 0.5) is 0 Å². The van der Waals surface area contributed by atoms with Gasteiger partial charge in [-0.1, -0.05) is 19.1 Å². The van der Waals surface area contributed by atoms with E-state index in [0.717, 1.165) is 43.5 Å². The molecule has 2 aliphatic heterocycles. The van der Waals surface area contributed by atoms with E-state index in [-0.39, 0.29) is 29.7 Å². The molecule has 194 valence electrons. The summed E-state index contributed by atoms with van der Waals surface area (Å²) in [5.41, 5.74) is 7.05. The molecule has 3 rings (SSSR count). The van der Waals surface area contributed by atoms with Gasteiger partial charge in [0, 0.05) is 12.6 Å². The fraction of sp³-hybridized carbons (Fsp3) is 0.654. The molecule has 0 radical (unpaired) electrons. The summed E-state index contributed by atoms with van der Waals surface area (Å²) in [6.45, 7) is 3.09. The van der Waals surface area contributed by atoms with Gasteiger partial charge in [-0.25, -0.2) is 0 Å². The zero-order valence-electron chi connectivity index (χ0n) is 21.2. The van der Waals surface area contributed by atoms with Gasteiger partial charge in [0.2, 0.25) is 17.7 Å². The molecule has 1 aromatic rings. The quantitative estimate of drug-likeness (QED) is 0.368. The van der Waals surface area contributed by atoms with Gasteiger partial charge < -0.3 is 31.3 Å². The van der Waals surface area contributed by atoms with Crippen molar-refractivity contribution in [2.45, 2.75) is 76.0 Å². The highest BCUT2D eigenvalue weighted by molar-refractivity contribution is 5.94. The van der Waals surface area contributed by atoms with Crippen molar-refractivity contribution in [3.63, 3.8) is 0 Å². The summed E-state index contributed by atoms with van der Waals surface area (Å²) in [4.78, 5) is 41.3. The van der Waals surface area contributed by atoms with E-state index in [1.165, 1.54) is 0 Å². The van der Waals surface area contributed by atoms with Crippen molar-refractivity contribution in [2.24, 2.45) is 11.7 Å². The molecule has 5 atom stereocenters. The Morgan fingerprint density at radius 1 is 1.14 bits per heavy atom. The van der Waals surface area contributed by atoms with Crippen LogP contribution in [0.5, 0.6) is 5.75 Å². The fourth-order valence-electron chi connectivity index (χ4n) is 5.20. The maximum atomic E-state index is 13.8. The Kier molecular flexibility index (Phi) is 9.92. The van der Waals surface area contributed by atoms with E-state index in [2.05, 4.69) is 16.0 Å². The van der Waals surface area contributed by atoms with Crippen LogP contribution >= 0.6 is 0 Å². The van der Waals surface area contributed by atoms with Crippen LogP contribution in [0.15, 0.2) is 24.3 Å². The number of ether oxygens (including phenoxy) is 1. The number of benzene rings is 1. The number of methoxy groups -OCH3 is 1. The number of nitrogens with one attached hydrogen (secondary N) is 3. The van der Waals surface area contributed by atoms with Gasteiger partial charge in [0.05, 0.1) is 13.2 Å². The highest BCUT2D eigenvalue weighted by Gasteiger charge is 2.47. The lowest BCUT2D eigenvalue weighted by Crippen LogP contribution is -2.58. The van der Waals surface area contributed by atoms with Crippen molar-refractivity contribution in [3.05, 3.63) is 29.8 Å². The van der Waals surface area contributed by atoms with E-state index in [4.69, 9.17) is 10.5 Å². The molecule has 0 spiro atoms. The van der Waals surface area contributed by atoms with Crippen molar-refractivity contribution in [2.75, 3.05) is 27.2 Å². The Hall–Kier alpha value is -2.65. The lowest BCUT2D eigenvalue weighted by Gasteiger charge is -2.32. The maximum absolute atomic E-state index is 13.8. The lowest BCUT2D eigenvalue weighted by molar-refractivity contribution is -0.143. The zero-order chi connectivity index (χ0) is 25.4. The van der Waals surface area contributed by atoms with E-state index in [0.29, 0.717) is 25.8 Å². The summed E-state index contributed by atoms with van der Waals surface area (Å²) in [7, 11) is 3.51. The van der Waals surface area contributed by atoms with Gasteiger partial charge in [0.15, 0.2) is 0 Å². The Morgan fingerprint density at radius 3 is 2.51 bits per heavy atom. The van der Waals surface area contributed by atoms with E-state index in [1.54, 1.807) is 12.0 Å². The molecule has 2 heterocycles. The summed E-state index contributed by atoms with van der Waals surface area (Å²) < 4.78 is 5.19. The molecule has 9 heteroatoms. The van der Waals surface area contributed by atoms with Gasteiger partial charge in [0.1, 0.15) is 17.8 Å². The molecule has 1 aromatic carbocycles. The van der Waals surface area contributed by atoms with Gasteiger partial charge in [-0.2, -0.15) is 0 Å². The minimum absolute atomic E-state index is 0.00680. The van der Waals surface area contributed by atoms with Gasteiger partial charge in [-0.3, -0.25) is 14.4 Å². The number of amides is 3. The third-order valence-corrected chi connectivity index (χ3v) is 7.38. The monoisotopic (exact) mass is 487 g/mol. The zero-order valence-corrected chi connectivity index (χ0v) is 21.2. The molecule has 0 aliphatic carbocycles. The number of fused-ring (bicyclic) bond motifs is 1. The predicted molar refractivity (Wildman–Crippen MR) is 135 cm³/mol. The van der Waals surface area contributed by atoms with Gasteiger partial charge in [-0.15, -0.1) is 0 Å². The molecule has 0 bridgehead atoms. The topological polar surface area (TPSA) is 126 Å². The number of nitrogens with two attached hydrogens (primary N) is 1. The SMILES string of the molecule is CC[C@H](N)C(=O)N[C@@H]1C(=O)N2[C@@H](CC[C@@H]1CCNC)CC[C@H]2C(=O)NCCc1ccc(OC)cc1. The number of carbonyl (C=O) groups is 3. The summed E-state index contributed by atoms with van der Waals surface area (Å²) in [6, 6.07) is 5.97. The third kappa shape index (κ3) is 6.73. The highest BCUT2D eigenvalue weighted by atomic mass is 16.5. The Bertz CT molecular complexity index is 862. The maximum Gasteiger partial charge on any atom is 0.246 e. The second-order valence-corrected chi connectivity index (χ2v) is 9.61. The van der Waals surface area contributed by atoms with E-state index in [9.17, 15) is 14.4 Å². The van der Waals surface area contributed by atoms with Gasteiger partial charge in [0.25, 0.3) is 0 Å². The van der Waals surface area contributed by atoms with Crippen LogP contribution in [0.2, 0.25) is 0 Å². The molecule has 2 aliphatic rings. The van der Waals surface area contributed by atoms with Crippen molar-refractivity contribution in [1.82, 2.24) is 20.9 Å². The van der Waals surface area contributed by atoms with Crippen molar-refractivity contribution < 1.29 is 19.1 Å². The van der Waals surface area contributed by atoms with E-state index < -0.39 is 18.1 Å². The first kappa shape index (κ1) is 26.9. The molecule has 0 saturated carbocycles. The fourth-order valence-corrected chi connectivity index (χ4v) is 5.20. The van der Waals surface area contributed by atoms with Crippen LogP contribution in [0.3, 0.4) is 0 Å². The van der Waals surface area contributed by atoms with Crippen LogP contribution in [0, 0.1) is 5.92 Å². The summed E-state index contributed by atoms with van der Waals surface area (Å²) in [5.74, 6) is 0.214. The normalized spacial score (nSPS) is 24.9. The van der Waals surface area contributed by atoms with Crippen LogP contribution in [0.25, 0.3) is 0 Å². The number of rotatable bonds is 11. The van der Waals surface area contributed by atoms with Crippen LogP contribution < -0.4 is 26.4 Å². The molecule has 35 heavy (non-hydrogen) atoms. The van der Waals surface area contributed by atoms with Gasteiger partial charge >= 0.3 is 0 Å². The smallest absolute Gasteiger partial charge is 0.246 e. The van der Waals surface area contributed by atoms with Crippen molar-refractivity contribution in [1.29, 1.82) is 0 Å². The van der Waals surface area contributed by atoms with Gasteiger partial charge in [-0.05, 0) is 82.2 Å². The summed E-state index contributed by atoms with van der Waals surface area (Å²) in [6.07, 6.45) is 5.07. The van der Waals surface area contributed by atoms with Crippen LogP contribution in [0.1, 0.15) is 51.0 Å². The molecular weight excluding hydrogens is 446 g/mol. The predicted octanol–water partition coefficient (Wildman–Crippen LogP) is 0.955. The highest BCUT2D eigenvalue weighted by Crippen LogP contribution is 2.35. The average Bonchev–Trinajstić information content (AvgIpc) is 3.26. The molecular formula is C26H41N5O4. The van der Waals surface area contributed by atoms with E-state index >= 15 is 0 Å². The number of carbonyl (C=O) groups excluding carboxylic acids is 3. The largest absolute Gasteiger partial charge is 0.497 e. The molecule has 5 N–H and O–H groups in total. The number of hydrogen-bond acceptors (Lipinski definition) is 6. The Labute approximate surface area is 208 Å². The second kappa shape index (κ2) is 12.9. The molecule has 0 aromatic heterocycles. The minimum atomic E-state index is -0.661. The standard InChI is InChI=1S/C26H41N5O4/c1-4-21(27)24(32)30-23-18(14-15-28-2)7-8-19-9-12-22(31(19)26(23)34)25(33)29-16-13-17-5-10-20(35-3)11-6-17/h5-6,10-11,18-19,21-23,28H,4,7-9,12-16,27H2,1-3H3,(H,29,33)(H,30,32)/t18-,19+,21+,22+,23+/m1/s1. The summed E-state index contributed by atoms with van der Waals surface area (Å²) in [5, 5.41) is 9.11. The first-order chi connectivity index (χ1) is 16.9. The molecule has 3 amide bonds. The lowest BCUT2D eigenvalue weighted by atomic mass is 9.90. The van der Waals surface area contributed by atoms with Crippen molar-refractivity contribution >= 4 is 17.7 Å². The Balaban J connectivity index is 1.67. The average molecular weight is 488 g/mol. The molecule has 2 fully saturated rings. The first-order valence-electron chi connectivity index (χ1n) is 12.8. The van der Waals surface area contributed by atoms with Crippen LogP contribution in [-0.4, -0.2) is 74.0 Å². The molecule has 2 saturated heterocycles. The van der Waals surface area contributed by atoms with E-state index in [1.807, 2.05) is 38.2 Å². The number of hydrogen-bond donors (Lipinski definition) is 4. The molecule has 0 unspecified atom stereocenters. The third-order valence-electron chi connectivity index (χ3n) is 7.38. The second-order valence-electron chi connectivity index (χ2n) is 9.61. The molecule has 9 nitrogen and oxygen atoms in total. The Morgan fingerprint density at radius 2 is 1.86 bits per heavy atom. The summed E-state index contributed by atoms with van der Waals surface area (Å²) >= 11 is 0. The van der Waals surface area contributed by atoms with Crippen LogP contribution in [-0.2, 0) is 20.8 Å². The van der Waals surface area contributed by atoms with Crippen molar-refractivity contribution in [3.8, 4) is 5.75 Å².